The van der Waals surface area contributed by atoms with Crippen LogP contribution in [0.2, 0.25) is 0 Å². The summed E-state index contributed by atoms with van der Waals surface area (Å²) in [6.07, 6.45) is 1.80. The number of likely N-dealkylation sites (tertiary alicyclic amines) is 1. The number of morpholine rings is 1. The van der Waals surface area contributed by atoms with Gasteiger partial charge in [0, 0.05) is 63.8 Å². The number of hydrogen-bond acceptors (Lipinski definition) is 7. The molecule has 0 bridgehead atoms. The van der Waals surface area contributed by atoms with Crippen LogP contribution < -0.4 is 10.2 Å². The Balaban J connectivity index is 1.35. The van der Waals surface area contributed by atoms with Crippen molar-refractivity contribution in [3.8, 4) is 0 Å². The van der Waals surface area contributed by atoms with E-state index >= 15 is 0 Å². The Hall–Kier alpha value is -2.33. The minimum Gasteiger partial charge on any atom is -0.378 e. The summed E-state index contributed by atoms with van der Waals surface area (Å²) in [4.78, 5) is 13.3. The molecule has 1 N–H and O–H groups in total. The fourth-order valence-corrected chi connectivity index (χ4v) is 3.77. The zero-order valence-corrected chi connectivity index (χ0v) is 15.9. The van der Waals surface area contributed by atoms with Gasteiger partial charge in [-0.15, -0.1) is 0 Å². The zero-order chi connectivity index (χ0) is 19.5. The smallest absolute Gasteiger partial charge is 0.282 e. The predicted molar refractivity (Wildman–Crippen MR) is 101 cm³/mol. The number of ether oxygens (including phenoxy) is 1. The summed E-state index contributed by atoms with van der Waals surface area (Å²) < 4.78 is 33.1. The molecule has 0 aliphatic carbocycles. The highest BCUT2D eigenvalue weighted by Crippen LogP contribution is 2.24. The monoisotopic (exact) mass is 393 g/mol. The van der Waals surface area contributed by atoms with Crippen molar-refractivity contribution >= 4 is 11.8 Å². The third-order valence-electron chi connectivity index (χ3n) is 5.12. The summed E-state index contributed by atoms with van der Waals surface area (Å²) in [6.45, 7) is 5.12. The molecule has 2 saturated heterocycles. The van der Waals surface area contributed by atoms with E-state index in [1.165, 1.54) is 4.68 Å². The number of anilines is 2. The summed E-state index contributed by atoms with van der Waals surface area (Å²) in [7, 11) is 1.67. The summed E-state index contributed by atoms with van der Waals surface area (Å²) in [5.74, 6) is 1.50. The number of halogens is 2. The van der Waals surface area contributed by atoms with Crippen LogP contribution in [0.3, 0.4) is 0 Å². The van der Waals surface area contributed by atoms with Crippen LogP contribution >= 0.6 is 0 Å². The van der Waals surface area contributed by atoms with Crippen molar-refractivity contribution in [3.05, 3.63) is 29.7 Å². The van der Waals surface area contributed by atoms with E-state index in [0.29, 0.717) is 31.3 Å². The second-order valence-electron chi connectivity index (χ2n) is 7.22. The van der Waals surface area contributed by atoms with Gasteiger partial charge in [0.15, 0.2) is 0 Å². The molecule has 1 unspecified atom stereocenters. The van der Waals surface area contributed by atoms with Crippen molar-refractivity contribution in [2.75, 3.05) is 49.6 Å². The molecule has 0 amide bonds. The molecular formula is C18H25F2N7O. The van der Waals surface area contributed by atoms with Crippen molar-refractivity contribution in [1.82, 2.24) is 24.6 Å². The van der Waals surface area contributed by atoms with Crippen molar-refractivity contribution in [2.45, 2.75) is 25.4 Å². The Kier molecular flexibility index (Phi) is 5.67. The van der Waals surface area contributed by atoms with Crippen LogP contribution in [0.1, 0.15) is 24.1 Å². The maximum atomic E-state index is 13.1. The van der Waals surface area contributed by atoms with Crippen molar-refractivity contribution in [3.63, 3.8) is 0 Å². The van der Waals surface area contributed by atoms with E-state index in [9.17, 15) is 8.78 Å². The fourth-order valence-electron chi connectivity index (χ4n) is 3.77. The van der Waals surface area contributed by atoms with Gasteiger partial charge < -0.3 is 15.0 Å². The molecule has 2 fully saturated rings. The van der Waals surface area contributed by atoms with Crippen LogP contribution in [0.4, 0.5) is 20.5 Å². The maximum absolute atomic E-state index is 13.1. The molecule has 1 atom stereocenters. The average Bonchev–Trinajstić information content (AvgIpc) is 3.29. The quantitative estimate of drug-likeness (QED) is 0.801. The highest BCUT2D eigenvalue weighted by Gasteiger charge is 2.26. The first kappa shape index (κ1) is 19.0. The average molecular weight is 393 g/mol. The van der Waals surface area contributed by atoms with E-state index < -0.39 is 6.43 Å². The molecule has 0 spiro atoms. The van der Waals surface area contributed by atoms with E-state index in [1.54, 1.807) is 19.4 Å². The lowest BCUT2D eigenvalue weighted by molar-refractivity contribution is 0.122. The van der Waals surface area contributed by atoms with Gasteiger partial charge in [-0.2, -0.15) is 10.1 Å². The van der Waals surface area contributed by atoms with Crippen molar-refractivity contribution in [2.24, 2.45) is 7.05 Å². The van der Waals surface area contributed by atoms with E-state index in [2.05, 4.69) is 30.2 Å². The molecule has 8 nitrogen and oxygen atoms in total. The van der Waals surface area contributed by atoms with Gasteiger partial charge in [0.2, 0.25) is 5.95 Å². The SMILES string of the molecule is Cn1cc(CN2CCC(Nc3nccc(N4CCOCC4)n3)C2)c(C(F)F)n1. The lowest BCUT2D eigenvalue weighted by Crippen LogP contribution is -2.37. The first-order valence-corrected chi connectivity index (χ1v) is 9.53. The van der Waals surface area contributed by atoms with Crippen LogP contribution in [0.5, 0.6) is 0 Å². The molecule has 2 aromatic rings. The molecule has 28 heavy (non-hydrogen) atoms. The van der Waals surface area contributed by atoms with Crippen LogP contribution in [0, 0.1) is 0 Å². The Morgan fingerprint density at radius 3 is 2.89 bits per heavy atom. The molecule has 4 rings (SSSR count). The minimum atomic E-state index is -2.55. The minimum absolute atomic E-state index is 0.125. The number of nitrogens with zero attached hydrogens (tertiary/aromatic N) is 6. The van der Waals surface area contributed by atoms with Gasteiger partial charge in [0.25, 0.3) is 6.43 Å². The molecule has 2 aliphatic rings. The largest absolute Gasteiger partial charge is 0.378 e. The highest BCUT2D eigenvalue weighted by atomic mass is 19.3. The van der Waals surface area contributed by atoms with Crippen LogP contribution in [0.15, 0.2) is 18.5 Å². The van der Waals surface area contributed by atoms with Gasteiger partial charge in [-0.05, 0) is 12.5 Å². The Morgan fingerprint density at radius 2 is 2.11 bits per heavy atom. The van der Waals surface area contributed by atoms with Crippen molar-refractivity contribution in [1.29, 1.82) is 0 Å². The van der Waals surface area contributed by atoms with E-state index in [-0.39, 0.29) is 11.7 Å². The Morgan fingerprint density at radius 1 is 1.29 bits per heavy atom. The molecule has 4 heterocycles. The van der Waals surface area contributed by atoms with E-state index in [1.807, 2.05) is 6.07 Å². The number of alkyl halides is 2. The Labute approximate surface area is 162 Å². The van der Waals surface area contributed by atoms with E-state index in [0.717, 1.165) is 38.4 Å². The van der Waals surface area contributed by atoms with Gasteiger partial charge in [-0.1, -0.05) is 0 Å². The molecular weight excluding hydrogens is 368 g/mol. The van der Waals surface area contributed by atoms with Crippen LogP contribution in [0.25, 0.3) is 0 Å². The number of nitrogens with one attached hydrogen (secondary N) is 1. The predicted octanol–water partition coefficient (Wildman–Crippen LogP) is 1.67. The third-order valence-corrected chi connectivity index (χ3v) is 5.12. The highest BCUT2D eigenvalue weighted by molar-refractivity contribution is 5.43. The molecule has 152 valence electrons. The zero-order valence-electron chi connectivity index (χ0n) is 15.9. The van der Waals surface area contributed by atoms with Gasteiger partial charge in [-0.25, -0.2) is 13.8 Å². The van der Waals surface area contributed by atoms with Gasteiger partial charge in [-0.3, -0.25) is 9.58 Å². The standard InChI is InChI=1S/C18H25F2N7O/c1-25-10-13(16(24-25)17(19)20)11-26-5-3-14(12-26)22-18-21-4-2-15(23-18)27-6-8-28-9-7-27/h2,4,10,14,17H,3,5-9,11-12H2,1H3,(H,21,22,23). The summed E-state index contributed by atoms with van der Waals surface area (Å²) in [5, 5.41) is 7.27. The van der Waals surface area contributed by atoms with Crippen LogP contribution in [-0.2, 0) is 18.3 Å². The summed E-state index contributed by atoms with van der Waals surface area (Å²) >= 11 is 0. The summed E-state index contributed by atoms with van der Waals surface area (Å²) in [5.41, 5.74) is 0.462. The van der Waals surface area contributed by atoms with E-state index in [4.69, 9.17) is 4.74 Å². The normalized spacial score (nSPS) is 20.9. The van der Waals surface area contributed by atoms with Gasteiger partial charge in [0.1, 0.15) is 11.5 Å². The first-order valence-electron chi connectivity index (χ1n) is 9.53. The number of aromatic nitrogens is 4. The molecule has 10 heteroatoms. The maximum Gasteiger partial charge on any atom is 0.282 e. The fraction of sp³-hybridized carbons (Fsp3) is 0.611. The lowest BCUT2D eigenvalue weighted by atomic mass is 10.2. The second-order valence-corrected chi connectivity index (χ2v) is 7.22. The molecule has 0 radical (unpaired) electrons. The van der Waals surface area contributed by atoms with Gasteiger partial charge >= 0.3 is 0 Å². The molecule has 0 aromatic carbocycles. The first-order chi connectivity index (χ1) is 13.6. The van der Waals surface area contributed by atoms with Crippen molar-refractivity contribution < 1.29 is 13.5 Å². The summed E-state index contributed by atoms with van der Waals surface area (Å²) in [6, 6.07) is 2.10. The third kappa shape index (κ3) is 4.39. The van der Waals surface area contributed by atoms with Crippen LogP contribution in [-0.4, -0.2) is 70.1 Å². The van der Waals surface area contributed by atoms with Gasteiger partial charge in [0.05, 0.1) is 13.2 Å². The number of hydrogen-bond donors (Lipinski definition) is 1. The topological polar surface area (TPSA) is 71.3 Å². The molecule has 2 aliphatic heterocycles. The second kappa shape index (κ2) is 8.36. The number of rotatable bonds is 6. The number of aryl methyl sites for hydroxylation is 1. The Bertz CT molecular complexity index is 794. The lowest BCUT2D eigenvalue weighted by Gasteiger charge is -2.28. The molecule has 2 aromatic heterocycles. The molecule has 0 saturated carbocycles.